The highest BCUT2D eigenvalue weighted by Crippen LogP contribution is 2.36. The molecule has 0 spiro atoms. The van der Waals surface area contributed by atoms with Crippen molar-refractivity contribution in [3.63, 3.8) is 0 Å². The highest BCUT2D eigenvalue weighted by Gasteiger charge is 2.25. The van der Waals surface area contributed by atoms with Crippen LogP contribution in [-0.2, 0) is 4.74 Å². The number of benzene rings is 1. The zero-order valence-electron chi connectivity index (χ0n) is 14.2. The second-order valence-electron chi connectivity index (χ2n) is 6.30. The summed E-state index contributed by atoms with van der Waals surface area (Å²) in [5.41, 5.74) is 1.42. The maximum atomic E-state index is 12.4. The molecule has 1 aliphatic carbocycles. The molecule has 0 radical (unpaired) electrons. The molecular formula is C18H21Cl2N3O2. The lowest BCUT2D eigenvalue weighted by atomic mass is 10.0. The van der Waals surface area contributed by atoms with Gasteiger partial charge < -0.3 is 10.1 Å². The van der Waals surface area contributed by atoms with Crippen molar-refractivity contribution < 1.29 is 4.74 Å². The Morgan fingerprint density at radius 3 is 2.52 bits per heavy atom. The number of hydrogen-bond acceptors (Lipinski definition) is 4. The Labute approximate surface area is 156 Å². The van der Waals surface area contributed by atoms with Crippen molar-refractivity contribution in [3.8, 4) is 0 Å². The van der Waals surface area contributed by atoms with Gasteiger partial charge in [0.25, 0.3) is 5.56 Å². The first kappa shape index (κ1) is 18.2. The second kappa shape index (κ2) is 7.77. The fourth-order valence-electron chi connectivity index (χ4n) is 3.26. The first-order valence-corrected chi connectivity index (χ1v) is 9.11. The van der Waals surface area contributed by atoms with Gasteiger partial charge in [0.2, 0.25) is 5.95 Å². The average molecular weight is 382 g/mol. The van der Waals surface area contributed by atoms with E-state index in [1.54, 1.807) is 32.2 Å². The minimum Gasteiger partial charge on any atom is -0.370 e. The van der Waals surface area contributed by atoms with Crippen molar-refractivity contribution in [3.05, 3.63) is 55.4 Å². The first-order valence-electron chi connectivity index (χ1n) is 8.35. The van der Waals surface area contributed by atoms with Crippen LogP contribution in [0.2, 0.25) is 10.0 Å². The van der Waals surface area contributed by atoms with Crippen molar-refractivity contribution in [2.75, 3.05) is 12.4 Å². The van der Waals surface area contributed by atoms with Crippen LogP contribution in [0.3, 0.4) is 0 Å². The van der Waals surface area contributed by atoms with Gasteiger partial charge in [-0.15, -0.1) is 0 Å². The summed E-state index contributed by atoms with van der Waals surface area (Å²) in [5.74, 6) is 0.461. The van der Waals surface area contributed by atoms with Gasteiger partial charge in [-0.25, -0.2) is 4.98 Å². The smallest absolute Gasteiger partial charge is 0.255 e. The van der Waals surface area contributed by atoms with E-state index < -0.39 is 6.10 Å². The second-order valence-corrected chi connectivity index (χ2v) is 7.12. The Balaban J connectivity index is 2.04. The maximum Gasteiger partial charge on any atom is 0.255 e. The van der Waals surface area contributed by atoms with E-state index in [0.717, 1.165) is 12.8 Å². The molecule has 0 amide bonds. The number of nitrogens with zero attached hydrogens (tertiary/aromatic N) is 1. The largest absolute Gasteiger partial charge is 0.370 e. The van der Waals surface area contributed by atoms with Crippen LogP contribution in [0.1, 0.15) is 48.6 Å². The highest BCUT2D eigenvalue weighted by molar-refractivity contribution is 6.36. The lowest BCUT2D eigenvalue weighted by molar-refractivity contribution is 0.132. The summed E-state index contributed by atoms with van der Waals surface area (Å²) in [4.78, 5) is 19.8. The molecule has 0 saturated heterocycles. The Bertz CT molecular complexity index is 796. The Hall–Kier alpha value is -1.56. The molecule has 2 aromatic rings. The Morgan fingerprint density at radius 2 is 1.92 bits per heavy atom. The van der Waals surface area contributed by atoms with E-state index in [-0.39, 0.29) is 5.56 Å². The molecule has 7 heteroatoms. The van der Waals surface area contributed by atoms with E-state index in [0.29, 0.717) is 38.9 Å². The molecule has 1 unspecified atom stereocenters. The molecule has 1 fully saturated rings. The van der Waals surface area contributed by atoms with Crippen LogP contribution in [0.15, 0.2) is 23.0 Å². The number of ether oxygens (including phenoxy) is 1. The normalized spacial score (nSPS) is 16.2. The summed E-state index contributed by atoms with van der Waals surface area (Å²) in [6.07, 6.45) is 3.92. The van der Waals surface area contributed by atoms with E-state index in [1.165, 1.54) is 12.8 Å². The Kier molecular flexibility index (Phi) is 5.67. The van der Waals surface area contributed by atoms with E-state index in [2.05, 4.69) is 15.3 Å². The third-order valence-electron chi connectivity index (χ3n) is 4.63. The first-order chi connectivity index (χ1) is 12.0. The predicted molar refractivity (Wildman–Crippen MR) is 101 cm³/mol. The topological polar surface area (TPSA) is 67.0 Å². The van der Waals surface area contributed by atoms with Crippen LogP contribution in [0.4, 0.5) is 5.95 Å². The number of rotatable bonds is 5. The fourth-order valence-corrected chi connectivity index (χ4v) is 3.86. The summed E-state index contributed by atoms with van der Waals surface area (Å²) < 4.78 is 5.63. The quantitative estimate of drug-likeness (QED) is 0.801. The van der Waals surface area contributed by atoms with Crippen molar-refractivity contribution in [2.24, 2.45) is 0 Å². The van der Waals surface area contributed by atoms with Gasteiger partial charge in [-0.05, 0) is 31.9 Å². The van der Waals surface area contributed by atoms with Gasteiger partial charge in [0, 0.05) is 34.3 Å². The third kappa shape index (κ3) is 3.84. The molecule has 1 heterocycles. The predicted octanol–water partition coefficient (Wildman–Crippen LogP) is 4.48. The molecule has 3 rings (SSSR count). The number of halogens is 2. The van der Waals surface area contributed by atoms with Crippen molar-refractivity contribution >= 4 is 29.2 Å². The average Bonchev–Trinajstić information content (AvgIpc) is 3.08. The Morgan fingerprint density at radius 1 is 1.28 bits per heavy atom. The molecule has 2 N–H and O–H groups in total. The molecule has 1 aromatic carbocycles. The van der Waals surface area contributed by atoms with Crippen molar-refractivity contribution in [1.29, 1.82) is 0 Å². The minimum atomic E-state index is -0.618. The number of methoxy groups -OCH3 is 1. The van der Waals surface area contributed by atoms with Crippen LogP contribution in [-0.4, -0.2) is 23.1 Å². The van der Waals surface area contributed by atoms with Crippen LogP contribution in [0, 0.1) is 6.92 Å². The highest BCUT2D eigenvalue weighted by atomic mass is 35.5. The maximum absolute atomic E-state index is 12.4. The standard InChI is InChI=1S/C18H21Cl2N3O2/c1-10-15(16(25-2)14-12(19)8-5-9-13(14)20)22-18(23-17(10)24)21-11-6-3-4-7-11/h5,8-9,11,16H,3-4,6-7H2,1-2H3,(H2,21,22,23,24). The number of aromatic amines is 1. The van der Waals surface area contributed by atoms with Crippen molar-refractivity contribution in [2.45, 2.75) is 44.8 Å². The molecule has 134 valence electrons. The number of anilines is 1. The van der Waals surface area contributed by atoms with Gasteiger partial charge in [-0.1, -0.05) is 42.1 Å². The molecule has 1 saturated carbocycles. The fraction of sp³-hybridized carbons (Fsp3) is 0.444. The number of H-pyrrole nitrogens is 1. The molecule has 1 atom stereocenters. The zero-order chi connectivity index (χ0) is 18.0. The molecule has 25 heavy (non-hydrogen) atoms. The number of nitrogens with one attached hydrogen (secondary N) is 2. The monoisotopic (exact) mass is 381 g/mol. The third-order valence-corrected chi connectivity index (χ3v) is 5.29. The minimum absolute atomic E-state index is 0.198. The van der Waals surface area contributed by atoms with Gasteiger partial charge in [0.1, 0.15) is 6.10 Å². The van der Waals surface area contributed by atoms with Crippen LogP contribution in [0.5, 0.6) is 0 Å². The molecule has 1 aliphatic rings. The van der Waals surface area contributed by atoms with Crippen LogP contribution < -0.4 is 10.9 Å². The van der Waals surface area contributed by atoms with E-state index in [1.807, 2.05) is 0 Å². The van der Waals surface area contributed by atoms with Crippen LogP contribution >= 0.6 is 23.2 Å². The molecule has 0 aliphatic heterocycles. The summed E-state index contributed by atoms with van der Waals surface area (Å²) >= 11 is 12.7. The summed E-state index contributed by atoms with van der Waals surface area (Å²) in [5, 5.41) is 4.28. The number of aromatic nitrogens is 2. The van der Waals surface area contributed by atoms with Gasteiger partial charge in [0.15, 0.2) is 0 Å². The van der Waals surface area contributed by atoms with Crippen molar-refractivity contribution in [1.82, 2.24) is 9.97 Å². The zero-order valence-corrected chi connectivity index (χ0v) is 15.7. The van der Waals surface area contributed by atoms with Gasteiger partial charge >= 0.3 is 0 Å². The molecule has 0 bridgehead atoms. The number of hydrogen-bond donors (Lipinski definition) is 2. The van der Waals surface area contributed by atoms with E-state index in [9.17, 15) is 4.79 Å². The lowest BCUT2D eigenvalue weighted by Gasteiger charge is -2.21. The van der Waals surface area contributed by atoms with Crippen LogP contribution in [0.25, 0.3) is 0 Å². The van der Waals surface area contributed by atoms with E-state index in [4.69, 9.17) is 27.9 Å². The molecule has 1 aromatic heterocycles. The molecule has 5 nitrogen and oxygen atoms in total. The van der Waals surface area contributed by atoms with E-state index >= 15 is 0 Å². The van der Waals surface area contributed by atoms with Gasteiger partial charge in [0.05, 0.1) is 5.69 Å². The SMILES string of the molecule is COC(c1nc(NC2CCCC2)[nH]c(=O)c1C)c1c(Cl)cccc1Cl. The van der Waals surface area contributed by atoms with Gasteiger partial charge in [-0.3, -0.25) is 9.78 Å². The summed E-state index contributed by atoms with van der Waals surface area (Å²) in [6.45, 7) is 1.72. The summed E-state index contributed by atoms with van der Waals surface area (Å²) in [7, 11) is 1.55. The molecular weight excluding hydrogens is 361 g/mol. The lowest BCUT2D eigenvalue weighted by Crippen LogP contribution is -2.24. The summed E-state index contributed by atoms with van der Waals surface area (Å²) in [6, 6.07) is 5.60. The van der Waals surface area contributed by atoms with Gasteiger partial charge in [-0.2, -0.15) is 0 Å².